The van der Waals surface area contributed by atoms with Gasteiger partial charge < -0.3 is 10.6 Å². The smallest absolute Gasteiger partial charge is 0.242 e. The zero-order chi connectivity index (χ0) is 16.2. The van der Waals surface area contributed by atoms with Crippen LogP contribution in [0.2, 0.25) is 10.0 Å². The zero-order valence-electron chi connectivity index (χ0n) is 12.6. The molecule has 116 valence electrons. The Morgan fingerprint density at radius 3 is 2.24 bits per heavy atom. The van der Waals surface area contributed by atoms with Crippen LogP contribution in [0, 0.1) is 0 Å². The van der Waals surface area contributed by atoms with Crippen LogP contribution in [0.15, 0.2) is 18.2 Å². The molecule has 1 unspecified atom stereocenters. The molecule has 4 nitrogen and oxygen atoms in total. The molecule has 0 spiro atoms. The molecular formula is C15H20Cl2N2O2. The van der Waals surface area contributed by atoms with E-state index in [1.807, 2.05) is 13.8 Å². The van der Waals surface area contributed by atoms with Crippen molar-refractivity contribution in [2.24, 2.45) is 0 Å². The quantitative estimate of drug-likeness (QED) is 0.872. The predicted molar refractivity (Wildman–Crippen MR) is 85.8 cm³/mol. The van der Waals surface area contributed by atoms with E-state index in [9.17, 15) is 9.59 Å². The van der Waals surface area contributed by atoms with Crippen molar-refractivity contribution in [3.8, 4) is 0 Å². The van der Waals surface area contributed by atoms with Gasteiger partial charge in [-0.3, -0.25) is 9.59 Å². The summed E-state index contributed by atoms with van der Waals surface area (Å²) in [7, 11) is 0. The SMILES string of the molecule is CC(=O)NC(C)C(=O)NCC(C)(C)c1c(Cl)cccc1Cl. The van der Waals surface area contributed by atoms with Gasteiger partial charge in [0, 0.05) is 28.9 Å². The van der Waals surface area contributed by atoms with E-state index in [0.29, 0.717) is 16.6 Å². The second-order valence-corrected chi connectivity index (χ2v) is 6.43. The van der Waals surface area contributed by atoms with Gasteiger partial charge in [-0.2, -0.15) is 0 Å². The Morgan fingerprint density at radius 2 is 1.76 bits per heavy atom. The van der Waals surface area contributed by atoms with Gasteiger partial charge in [-0.05, 0) is 24.6 Å². The number of carbonyl (C=O) groups excluding carboxylic acids is 2. The molecular weight excluding hydrogens is 311 g/mol. The molecule has 0 fully saturated rings. The summed E-state index contributed by atoms with van der Waals surface area (Å²) in [4.78, 5) is 22.9. The molecule has 6 heteroatoms. The number of hydrogen-bond donors (Lipinski definition) is 2. The first-order valence-corrected chi connectivity index (χ1v) is 7.40. The summed E-state index contributed by atoms with van der Waals surface area (Å²) in [6, 6.07) is 4.74. The van der Waals surface area contributed by atoms with Crippen molar-refractivity contribution < 1.29 is 9.59 Å². The van der Waals surface area contributed by atoms with Crippen LogP contribution in [-0.4, -0.2) is 24.4 Å². The Hall–Kier alpha value is -1.26. The molecule has 1 aromatic carbocycles. The third kappa shape index (κ3) is 4.90. The lowest BCUT2D eigenvalue weighted by Gasteiger charge is -2.28. The van der Waals surface area contributed by atoms with Crippen molar-refractivity contribution in [1.29, 1.82) is 0 Å². The maximum atomic E-state index is 11.9. The van der Waals surface area contributed by atoms with E-state index in [1.54, 1.807) is 25.1 Å². The lowest BCUT2D eigenvalue weighted by molar-refractivity contribution is -0.127. The van der Waals surface area contributed by atoms with Gasteiger partial charge in [-0.1, -0.05) is 43.1 Å². The molecule has 0 aliphatic carbocycles. The van der Waals surface area contributed by atoms with Crippen LogP contribution in [-0.2, 0) is 15.0 Å². The summed E-state index contributed by atoms with van der Waals surface area (Å²) in [5, 5.41) is 6.48. The van der Waals surface area contributed by atoms with Crippen LogP contribution in [0.3, 0.4) is 0 Å². The van der Waals surface area contributed by atoms with Gasteiger partial charge in [0.15, 0.2) is 0 Å². The fourth-order valence-electron chi connectivity index (χ4n) is 2.06. The van der Waals surface area contributed by atoms with E-state index < -0.39 is 11.5 Å². The predicted octanol–water partition coefficient (Wildman–Crippen LogP) is 2.91. The van der Waals surface area contributed by atoms with E-state index in [4.69, 9.17) is 23.2 Å². The normalized spacial score (nSPS) is 12.7. The Kier molecular flexibility index (Phi) is 6.05. The van der Waals surface area contributed by atoms with E-state index >= 15 is 0 Å². The number of benzene rings is 1. The Bertz CT molecular complexity index is 524. The van der Waals surface area contributed by atoms with Crippen molar-refractivity contribution in [3.05, 3.63) is 33.8 Å². The summed E-state index contributed by atoms with van der Waals surface area (Å²) in [6.45, 7) is 7.26. The van der Waals surface area contributed by atoms with Crippen molar-refractivity contribution >= 4 is 35.0 Å². The first kappa shape index (κ1) is 17.8. The van der Waals surface area contributed by atoms with Crippen molar-refractivity contribution in [2.75, 3.05) is 6.54 Å². The fourth-order valence-corrected chi connectivity index (χ4v) is 2.97. The van der Waals surface area contributed by atoms with Gasteiger partial charge in [0.05, 0.1) is 0 Å². The molecule has 0 heterocycles. The van der Waals surface area contributed by atoms with Gasteiger partial charge in [0.1, 0.15) is 6.04 Å². The Morgan fingerprint density at radius 1 is 1.24 bits per heavy atom. The number of amides is 2. The minimum Gasteiger partial charge on any atom is -0.353 e. The zero-order valence-corrected chi connectivity index (χ0v) is 14.1. The van der Waals surface area contributed by atoms with Gasteiger partial charge in [-0.15, -0.1) is 0 Å². The molecule has 0 aromatic heterocycles. The van der Waals surface area contributed by atoms with Crippen LogP contribution in [0.1, 0.15) is 33.3 Å². The Labute approximate surface area is 135 Å². The third-order valence-corrected chi connectivity index (χ3v) is 3.79. The van der Waals surface area contributed by atoms with E-state index in [1.165, 1.54) is 6.92 Å². The van der Waals surface area contributed by atoms with Crippen molar-refractivity contribution in [2.45, 2.75) is 39.2 Å². The number of hydrogen-bond acceptors (Lipinski definition) is 2. The van der Waals surface area contributed by atoms with E-state index in [2.05, 4.69) is 10.6 Å². The lowest BCUT2D eigenvalue weighted by atomic mass is 9.84. The second kappa shape index (κ2) is 7.14. The van der Waals surface area contributed by atoms with E-state index in [0.717, 1.165) is 5.56 Å². The molecule has 1 rings (SSSR count). The summed E-state index contributed by atoms with van der Waals surface area (Å²) < 4.78 is 0. The molecule has 0 saturated heterocycles. The fraction of sp³-hybridized carbons (Fsp3) is 0.467. The highest BCUT2D eigenvalue weighted by molar-refractivity contribution is 6.36. The highest BCUT2D eigenvalue weighted by atomic mass is 35.5. The molecule has 0 aliphatic rings. The first-order chi connectivity index (χ1) is 9.65. The highest BCUT2D eigenvalue weighted by Crippen LogP contribution is 2.35. The van der Waals surface area contributed by atoms with Gasteiger partial charge in [0.2, 0.25) is 11.8 Å². The average molecular weight is 331 g/mol. The monoisotopic (exact) mass is 330 g/mol. The van der Waals surface area contributed by atoms with Gasteiger partial charge >= 0.3 is 0 Å². The molecule has 1 atom stereocenters. The summed E-state index contributed by atoms with van der Waals surface area (Å²) in [6.07, 6.45) is 0. The molecule has 0 bridgehead atoms. The molecule has 21 heavy (non-hydrogen) atoms. The first-order valence-electron chi connectivity index (χ1n) is 6.64. The molecule has 2 amide bonds. The summed E-state index contributed by atoms with van der Waals surface area (Å²) >= 11 is 12.4. The largest absolute Gasteiger partial charge is 0.353 e. The maximum Gasteiger partial charge on any atom is 0.242 e. The number of nitrogens with one attached hydrogen (secondary N) is 2. The average Bonchev–Trinajstić information content (AvgIpc) is 2.34. The van der Waals surface area contributed by atoms with E-state index in [-0.39, 0.29) is 11.8 Å². The number of rotatable bonds is 5. The molecule has 1 aromatic rings. The van der Waals surface area contributed by atoms with Gasteiger partial charge in [0.25, 0.3) is 0 Å². The second-order valence-electron chi connectivity index (χ2n) is 5.62. The van der Waals surface area contributed by atoms with Crippen LogP contribution in [0.25, 0.3) is 0 Å². The van der Waals surface area contributed by atoms with Crippen LogP contribution in [0.4, 0.5) is 0 Å². The molecule has 2 N–H and O–H groups in total. The number of carbonyl (C=O) groups is 2. The van der Waals surface area contributed by atoms with Crippen LogP contribution < -0.4 is 10.6 Å². The van der Waals surface area contributed by atoms with Crippen LogP contribution >= 0.6 is 23.2 Å². The maximum absolute atomic E-state index is 11.9. The molecule has 0 radical (unpaired) electrons. The van der Waals surface area contributed by atoms with Crippen molar-refractivity contribution in [1.82, 2.24) is 10.6 Å². The topological polar surface area (TPSA) is 58.2 Å². The minimum atomic E-state index is -0.583. The van der Waals surface area contributed by atoms with Crippen LogP contribution in [0.5, 0.6) is 0 Å². The third-order valence-electron chi connectivity index (χ3n) is 3.16. The summed E-state index contributed by atoms with van der Waals surface area (Å²) in [5.41, 5.74) is 0.363. The standard InChI is InChI=1S/C15H20Cl2N2O2/c1-9(19-10(2)20)14(21)18-8-15(3,4)13-11(16)6-5-7-12(13)17/h5-7,9H,8H2,1-4H3,(H,18,21)(H,19,20). The van der Waals surface area contributed by atoms with Gasteiger partial charge in [-0.25, -0.2) is 0 Å². The highest BCUT2D eigenvalue weighted by Gasteiger charge is 2.27. The molecule has 0 aliphatic heterocycles. The number of halogens is 2. The minimum absolute atomic E-state index is 0.244. The molecule has 0 saturated carbocycles. The van der Waals surface area contributed by atoms with Crippen molar-refractivity contribution in [3.63, 3.8) is 0 Å². The Balaban J connectivity index is 2.77. The lowest BCUT2D eigenvalue weighted by Crippen LogP contribution is -2.47. The summed E-state index contributed by atoms with van der Waals surface area (Å²) in [5.74, 6) is -0.493.